The van der Waals surface area contributed by atoms with Crippen LogP contribution in [0.3, 0.4) is 0 Å². The lowest BCUT2D eigenvalue weighted by Gasteiger charge is -2.10. The lowest BCUT2D eigenvalue weighted by atomic mass is 10.4. The number of imide groups is 1. The summed E-state index contributed by atoms with van der Waals surface area (Å²) in [4.78, 5) is 36.9. The molecule has 0 saturated carbocycles. The molecule has 14 heavy (non-hydrogen) atoms. The van der Waals surface area contributed by atoms with Gasteiger partial charge < -0.3 is 4.84 Å². The average molecular weight is 215 g/mol. The second-order valence-corrected chi connectivity index (χ2v) is 2.40. The Hall–Kier alpha value is -0.895. The molecule has 1 heterocycles. The molecule has 0 spiro atoms. The molecular formula is C7H11BNO4P. The van der Waals surface area contributed by atoms with E-state index in [-0.39, 0.29) is 19.3 Å². The second-order valence-electron chi connectivity index (χ2n) is 2.40. The Morgan fingerprint density at radius 3 is 2.21 bits per heavy atom. The summed E-state index contributed by atoms with van der Waals surface area (Å²) in [6.45, 7) is 1.59. The van der Waals surface area contributed by atoms with Crippen molar-refractivity contribution in [2.45, 2.75) is 26.2 Å². The van der Waals surface area contributed by atoms with Crippen molar-refractivity contribution in [2.75, 3.05) is 0 Å². The minimum absolute atomic E-state index is 0.135. The molecule has 0 aromatic carbocycles. The summed E-state index contributed by atoms with van der Waals surface area (Å²) in [5.41, 5.74) is 0. The molecule has 76 valence electrons. The van der Waals surface area contributed by atoms with E-state index in [0.717, 1.165) is 0 Å². The average Bonchev–Trinajstić information content (AvgIpc) is 2.52. The first-order chi connectivity index (χ1) is 6.65. The van der Waals surface area contributed by atoms with Crippen LogP contribution in [-0.4, -0.2) is 30.4 Å². The van der Waals surface area contributed by atoms with E-state index >= 15 is 0 Å². The van der Waals surface area contributed by atoms with E-state index in [0.29, 0.717) is 5.06 Å². The van der Waals surface area contributed by atoms with E-state index in [4.69, 9.17) is 0 Å². The van der Waals surface area contributed by atoms with E-state index < -0.39 is 17.8 Å². The van der Waals surface area contributed by atoms with Gasteiger partial charge in [0.05, 0.1) is 7.57 Å². The molecule has 1 aliphatic rings. The molecule has 1 saturated heterocycles. The van der Waals surface area contributed by atoms with E-state index in [9.17, 15) is 14.4 Å². The van der Waals surface area contributed by atoms with Crippen molar-refractivity contribution in [3.63, 3.8) is 0 Å². The van der Waals surface area contributed by atoms with E-state index in [2.05, 4.69) is 12.4 Å². The highest BCUT2D eigenvalue weighted by Gasteiger charge is 2.32. The number of carbonyl (C=O) groups is 3. The van der Waals surface area contributed by atoms with E-state index in [1.165, 1.54) is 0 Å². The molecule has 0 aromatic heterocycles. The Morgan fingerprint density at radius 2 is 1.86 bits per heavy atom. The minimum Gasteiger partial charge on any atom is -0.330 e. The fourth-order valence-corrected chi connectivity index (χ4v) is 0.824. The minimum atomic E-state index is -0.571. The van der Waals surface area contributed by atoms with Gasteiger partial charge in [0.1, 0.15) is 0 Å². The van der Waals surface area contributed by atoms with Crippen LogP contribution < -0.4 is 0 Å². The lowest BCUT2D eigenvalue weighted by molar-refractivity contribution is -0.197. The number of hydrogen-bond donors (Lipinski definition) is 0. The maximum atomic E-state index is 10.9. The molecule has 0 aliphatic carbocycles. The van der Waals surface area contributed by atoms with Crippen LogP contribution in [0.25, 0.3) is 0 Å². The number of carbonyl (C=O) groups excluding carboxylic acids is 3. The first-order valence-corrected chi connectivity index (χ1v) is 4.71. The number of rotatable bonds is 2. The molecule has 7 heteroatoms. The second kappa shape index (κ2) is 6.54. The van der Waals surface area contributed by atoms with E-state index in [1.54, 1.807) is 6.92 Å². The third kappa shape index (κ3) is 3.46. The third-order valence-electron chi connectivity index (χ3n) is 1.49. The summed E-state index contributed by atoms with van der Waals surface area (Å²) in [6.07, 6.45) is 0.419. The zero-order chi connectivity index (χ0) is 11.1. The fourth-order valence-electron chi connectivity index (χ4n) is 0.824. The van der Waals surface area contributed by atoms with Gasteiger partial charge in [-0.2, -0.15) is 9.12 Å². The Bertz CT molecular complexity index is 230. The molecule has 1 atom stereocenters. The summed E-state index contributed by atoms with van der Waals surface area (Å²) in [5, 5.41) is 0.547. The van der Waals surface area contributed by atoms with Crippen molar-refractivity contribution in [3.8, 4) is 0 Å². The summed E-state index contributed by atoms with van der Waals surface area (Å²) in [6, 6.07) is 0. The molecule has 2 radical (unpaired) electrons. The summed E-state index contributed by atoms with van der Waals surface area (Å²) in [7, 11) is 6.33. The zero-order valence-electron chi connectivity index (χ0n) is 7.86. The molecule has 1 rings (SSSR count). The molecule has 2 amide bonds. The Kier molecular flexibility index (Phi) is 6.12. The largest absolute Gasteiger partial charge is 0.332 e. The van der Waals surface area contributed by atoms with Crippen LogP contribution in [0.15, 0.2) is 0 Å². The quantitative estimate of drug-likeness (QED) is 0.368. The third-order valence-corrected chi connectivity index (χ3v) is 1.49. The van der Waals surface area contributed by atoms with Gasteiger partial charge in [0.25, 0.3) is 11.8 Å². The maximum absolute atomic E-state index is 10.9. The molecule has 0 bridgehead atoms. The van der Waals surface area contributed by atoms with Crippen LogP contribution in [0.2, 0.25) is 0 Å². The maximum Gasteiger partial charge on any atom is 0.332 e. The lowest BCUT2D eigenvalue weighted by Crippen LogP contribution is -2.31. The Balaban J connectivity index is 0.000000791. The van der Waals surface area contributed by atoms with Crippen molar-refractivity contribution >= 4 is 34.5 Å². The predicted molar refractivity (Wildman–Crippen MR) is 52.9 cm³/mol. The van der Waals surface area contributed by atoms with Crippen molar-refractivity contribution < 1.29 is 19.2 Å². The van der Waals surface area contributed by atoms with Gasteiger partial charge in [-0.05, 0) is 0 Å². The van der Waals surface area contributed by atoms with Crippen molar-refractivity contribution in [1.82, 2.24) is 5.06 Å². The SMILES string of the molecule is CCC(=O)ON1C(=O)CCC1=O.[B]P. The molecule has 0 aromatic rings. The van der Waals surface area contributed by atoms with Gasteiger partial charge in [-0.1, -0.05) is 6.92 Å². The Morgan fingerprint density at radius 1 is 1.43 bits per heavy atom. The van der Waals surface area contributed by atoms with Gasteiger partial charge in [0.15, 0.2) is 0 Å². The molecule has 1 aliphatic heterocycles. The predicted octanol–water partition coefficient (Wildman–Crippen LogP) is -0.0514. The normalized spacial score (nSPS) is 14.9. The van der Waals surface area contributed by atoms with Crippen LogP contribution in [0.1, 0.15) is 26.2 Å². The first-order valence-electron chi connectivity index (χ1n) is 4.05. The Labute approximate surface area is 85.7 Å². The molecule has 1 unspecified atom stereocenters. The van der Waals surface area contributed by atoms with Gasteiger partial charge in [0, 0.05) is 19.3 Å². The number of hydroxylamine groups is 2. The summed E-state index contributed by atoms with van der Waals surface area (Å²) in [5.74, 6) is -1.46. The highest BCUT2D eigenvalue weighted by atomic mass is 31.0. The van der Waals surface area contributed by atoms with Crippen molar-refractivity contribution in [1.29, 1.82) is 0 Å². The topological polar surface area (TPSA) is 63.7 Å². The van der Waals surface area contributed by atoms with Crippen LogP contribution in [0.4, 0.5) is 0 Å². The van der Waals surface area contributed by atoms with Crippen molar-refractivity contribution in [3.05, 3.63) is 0 Å². The van der Waals surface area contributed by atoms with Gasteiger partial charge in [-0.15, -0.1) is 5.06 Å². The highest BCUT2D eigenvalue weighted by Crippen LogP contribution is 2.12. The van der Waals surface area contributed by atoms with Gasteiger partial charge >= 0.3 is 5.97 Å². The standard InChI is InChI=1S/C7H9NO4.BH2P/c1-2-7(11)12-8-5(9)3-4-6(8)10;1-2/h2-4H2,1H3;2H2. The highest BCUT2D eigenvalue weighted by molar-refractivity contribution is 7.49. The summed E-state index contributed by atoms with van der Waals surface area (Å²) < 4.78 is 0. The zero-order valence-corrected chi connectivity index (χ0v) is 9.01. The van der Waals surface area contributed by atoms with Gasteiger partial charge in [-0.25, -0.2) is 4.79 Å². The van der Waals surface area contributed by atoms with E-state index in [1.807, 2.05) is 9.12 Å². The molecule has 0 N–H and O–H groups in total. The molecule has 1 fully saturated rings. The number of nitrogens with zero attached hydrogens (tertiary/aromatic N) is 1. The van der Waals surface area contributed by atoms with Crippen LogP contribution >= 0.6 is 9.12 Å². The fraction of sp³-hybridized carbons (Fsp3) is 0.571. The van der Waals surface area contributed by atoms with Gasteiger partial charge in [0.2, 0.25) is 0 Å². The molecular weight excluding hydrogens is 204 g/mol. The smallest absolute Gasteiger partial charge is 0.330 e. The number of hydrogen-bond acceptors (Lipinski definition) is 4. The van der Waals surface area contributed by atoms with Crippen molar-refractivity contribution in [2.24, 2.45) is 0 Å². The number of amides is 2. The van der Waals surface area contributed by atoms with Crippen LogP contribution in [-0.2, 0) is 19.2 Å². The monoisotopic (exact) mass is 215 g/mol. The summed E-state index contributed by atoms with van der Waals surface area (Å²) >= 11 is 0. The molecule has 5 nitrogen and oxygen atoms in total. The van der Waals surface area contributed by atoms with Crippen LogP contribution in [0, 0.1) is 0 Å². The van der Waals surface area contributed by atoms with Gasteiger partial charge in [-0.3, -0.25) is 9.59 Å². The van der Waals surface area contributed by atoms with Crippen LogP contribution in [0.5, 0.6) is 0 Å². The first kappa shape index (κ1) is 13.1.